The van der Waals surface area contributed by atoms with Crippen LogP contribution in [-0.2, 0) is 18.3 Å². The summed E-state index contributed by atoms with van der Waals surface area (Å²) < 4.78 is 6.46. The van der Waals surface area contributed by atoms with Crippen LogP contribution >= 0.6 is 0 Å². The van der Waals surface area contributed by atoms with Crippen LogP contribution in [0.1, 0.15) is 12.0 Å². The van der Waals surface area contributed by atoms with Crippen molar-refractivity contribution in [3.05, 3.63) is 88.9 Å². The van der Waals surface area contributed by atoms with E-state index < -0.39 is 5.76 Å². The predicted octanol–water partition coefficient (Wildman–Crippen LogP) is 3.82. The zero-order chi connectivity index (χ0) is 18.4. The minimum absolute atomic E-state index is 0.231. The molecule has 0 fully saturated rings. The zero-order valence-electron chi connectivity index (χ0n) is 14.5. The lowest BCUT2D eigenvalue weighted by atomic mass is 10.1. The third-order valence-electron chi connectivity index (χ3n) is 4.00. The molecule has 0 bridgehead atoms. The summed E-state index contributed by atoms with van der Waals surface area (Å²) in [6, 6.07) is 15.3. The molecule has 5 heteroatoms. The van der Waals surface area contributed by atoms with E-state index >= 15 is 0 Å². The highest BCUT2D eigenvalue weighted by Crippen LogP contribution is 2.17. The van der Waals surface area contributed by atoms with Crippen LogP contribution in [0.25, 0.3) is 11.1 Å². The second-order valence-corrected chi connectivity index (χ2v) is 5.91. The van der Waals surface area contributed by atoms with Gasteiger partial charge in [-0.05, 0) is 36.6 Å². The molecule has 5 nitrogen and oxygen atoms in total. The monoisotopic (exact) mass is 348 g/mol. The molecule has 0 unspecified atom stereocenters. The van der Waals surface area contributed by atoms with Gasteiger partial charge in [-0.25, -0.2) is 4.79 Å². The molecule has 3 aromatic rings. The second-order valence-electron chi connectivity index (χ2n) is 5.91. The quantitative estimate of drug-likeness (QED) is 0.544. The smallest absolute Gasteiger partial charge is 0.408 e. The lowest BCUT2D eigenvalue weighted by Crippen LogP contribution is -2.09. The first kappa shape index (κ1) is 17.5. The van der Waals surface area contributed by atoms with E-state index in [0.717, 1.165) is 12.8 Å². The van der Waals surface area contributed by atoms with Crippen molar-refractivity contribution in [2.75, 3.05) is 5.32 Å². The molecule has 1 N–H and O–H groups in total. The first-order chi connectivity index (χ1) is 12.6. The van der Waals surface area contributed by atoms with Gasteiger partial charge in [0.15, 0.2) is 5.58 Å². The summed E-state index contributed by atoms with van der Waals surface area (Å²) in [5.74, 6) is -0.658. The molecule has 3 rings (SSSR count). The van der Waals surface area contributed by atoms with Gasteiger partial charge in [0.25, 0.3) is 0 Å². The summed E-state index contributed by atoms with van der Waals surface area (Å²) in [4.78, 5) is 23.4. The Morgan fingerprint density at radius 1 is 1.15 bits per heavy atom. The van der Waals surface area contributed by atoms with E-state index in [0.29, 0.717) is 16.8 Å². The van der Waals surface area contributed by atoms with Gasteiger partial charge in [0.05, 0.1) is 5.52 Å². The number of anilines is 1. The summed E-state index contributed by atoms with van der Waals surface area (Å²) in [5.41, 5.74) is 3.03. The topological polar surface area (TPSA) is 64.2 Å². The fourth-order valence-corrected chi connectivity index (χ4v) is 2.60. The highest BCUT2D eigenvalue weighted by molar-refractivity contribution is 6.00. The largest absolute Gasteiger partial charge is 0.419 e. The van der Waals surface area contributed by atoms with E-state index in [4.69, 9.17) is 4.42 Å². The van der Waals surface area contributed by atoms with Gasteiger partial charge in [-0.3, -0.25) is 9.36 Å². The molecule has 0 saturated carbocycles. The first-order valence-corrected chi connectivity index (χ1v) is 8.41. The molecule has 0 atom stereocenters. The molecule has 1 aromatic heterocycles. The van der Waals surface area contributed by atoms with Crippen molar-refractivity contribution in [2.45, 2.75) is 12.8 Å². The number of oxazole rings is 1. The third-order valence-corrected chi connectivity index (χ3v) is 4.00. The van der Waals surface area contributed by atoms with E-state index in [2.05, 4.69) is 17.4 Å². The molecule has 0 aliphatic carbocycles. The number of allylic oxidation sites excluding steroid dienone is 3. The van der Waals surface area contributed by atoms with Crippen molar-refractivity contribution in [3.8, 4) is 0 Å². The minimum Gasteiger partial charge on any atom is -0.408 e. The van der Waals surface area contributed by atoms with Gasteiger partial charge in [0, 0.05) is 18.8 Å². The van der Waals surface area contributed by atoms with Crippen LogP contribution in [0.5, 0.6) is 0 Å². The number of carbonyl (C=O) groups excluding carboxylic acids is 1. The molecule has 2 aromatic carbocycles. The Morgan fingerprint density at radius 3 is 2.77 bits per heavy atom. The van der Waals surface area contributed by atoms with Gasteiger partial charge in [-0.1, -0.05) is 48.6 Å². The summed E-state index contributed by atoms with van der Waals surface area (Å²) in [5, 5.41) is 2.77. The molecule has 0 aliphatic heterocycles. The molecular weight excluding hydrogens is 328 g/mol. The van der Waals surface area contributed by atoms with Gasteiger partial charge in [0.1, 0.15) is 0 Å². The number of fused-ring (bicyclic) bond motifs is 1. The molecule has 132 valence electrons. The van der Waals surface area contributed by atoms with Gasteiger partial charge in [-0.15, -0.1) is 0 Å². The van der Waals surface area contributed by atoms with Gasteiger partial charge < -0.3 is 9.73 Å². The van der Waals surface area contributed by atoms with Crippen LogP contribution in [0, 0.1) is 0 Å². The number of aryl methyl sites for hydroxylation is 2. The van der Waals surface area contributed by atoms with Crippen LogP contribution in [-0.4, -0.2) is 10.5 Å². The Bertz CT molecular complexity index is 1010. The minimum atomic E-state index is -0.427. The Balaban J connectivity index is 1.52. The average Bonchev–Trinajstić information content (AvgIpc) is 2.93. The van der Waals surface area contributed by atoms with Gasteiger partial charge >= 0.3 is 5.76 Å². The number of nitrogens with zero attached hydrogens (tertiary/aromatic N) is 1. The van der Waals surface area contributed by atoms with Crippen molar-refractivity contribution < 1.29 is 9.21 Å². The maximum atomic E-state index is 12.0. The van der Waals surface area contributed by atoms with Gasteiger partial charge in [-0.2, -0.15) is 0 Å². The normalized spacial score (nSPS) is 11.6. The number of hydrogen-bond acceptors (Lipinski definition) is 3. The van der Waals surface area contributed by atoms with E-state index in [-0.39, 0.29) is 5.91 Å². The summed E-state index contributed by atoms with van der Waals surface area (Å²) in [6.07, 6.45) is 8.97. The Morgan fingerprint density at radius 2 is 1.96 bits per heavy atom. The number of carbonyl (C=O) groups is 1. The molecule has 1 heterocycles. The van der Waals surface area contributed by atoms with E-state index in [1.807, 2.05) is 30.4 Å². The number of hydrogen-bond donors (Lipinski definition) is 1. The zero-order valence-corrected chi connectivity index (χ0v) is 14.5. The van der Waals surface area contributed by atoms with Crippen molar-refractivity contribution in [1.29, 1.82) is 0 Å². The number of rotatable bonds is 6. The summed E-state index contributed by atoms with van der Waals surface area (Å²) >= 11 is 0. The Kier molecular flexibility index (Phi) is 5.49. The average molecular weight is 348 g/mol. The first-order valence-electron chi connectivity index (χ1n) is 8.41. The lowest BCUT2D eigenvalue weighted by Gasteiger charge is -2.02. The lowest BCUT2D eigenvalue weighted by molar-refractivity contribution is -0.111. The fourth-order valence-electron chi connectivity index (χ4n) is 2.60. The van der Waals surface area contributed by atoms with Crippen LogP contribution in [0.4, 0.5) is 5.69 Å². The molecule has 0 aliphatic rings. The summed E-state index contributed by atoms with van der Waals surface area (Å²) in [7, 11) is 1.62. The maximum absolute atomic E-state index is 12.0. The van der Waals surface area contributed by atoms with Crippen LogP contribution in [0.15, 0.2) is 82.0 Å². The number of amides is 1. The summed E-state index contributed by atoms with van der Waals surface area (Å²) in [6.45, 7) is 0. The molecule has 26 heavy (non-hydrogen) atoms. The van der Waals surface area contributed by atoms with E-state index in [9.17, 15) is 9.59 Å². The van der Waals surface area contributed by atoms with Crippen molar-refractivity contribution in [2.24, 2.45) is 7.05 Å². The SMILES string of the molecule is Cn1c(=O)oc2ccc(NC(=O)/C=C/C=C/CCc3ccccc3)cc21. The fraction of sp³-hybridized carbons (Fsp3) is 0.143. The van der Waals surface area contributed by atoms with Crippen molar-refractivity contribution in [1.82, 2.24) is 4.57 Å². The molecule has 0 spiro atoms. The van der Waals surface area contributed by atoms with E-state index in [1.165, 1.54) is 16.2 Å². The number of benzene rings is 2. The van der Waals surface area contributed by atoms with Crippen LogP contribution in [0.2, 0.25) is 0 Å². The Hall–Kier alpha value is -3.34. The highest BCUT2D eigenvalue weighted by Gasteiger charge is 2.07. The molecular formula is C21H20N2O3. The van der Waals surface area contributed by atoms with Crippen molar-refractivity contribution in [3.63, 3.8) is 0 Å². The number of aromatic nitrogens is 1. The maximum Gasteiger partial charge on any atom is 0.419 e. The van der Waals surface area contributed by atoms with E-state index in [1.54, 1.807) is 31.3 Å². The molecule has 0 saturated heterocycles. The molecule has 1 amide bonds. The van der Waals surface area contributed by atoms with Crippen molar-refractivity contribution >= 4 is 22.7 Å². The highest BCUT2D eigenvalue weighted by atomic mass is 16.4. The second kappa shape index (κ2) is 8.16. The molecule has 0 radical (unpaired) electrons. The predicted molar refractivity (Wildman–Crippen MR) is 103 cm³/mol. The van der Waals surface area contributed by atoms with Crippen LogP contribution < -0.4 is 11.1 Å². The van der Waals surface area contributed by atoms with Gasteiger partial charge in [0.2, 0.25) is 5.91 Å². The Labute approximate surface area is 151 Å². The number of nitrogens with one attached hydrogen (secondary N) is 1. The standard InChI is InChI=1S/C21H20N2O3/c1-23-18-15-17(13-14-19(18)26-21(23)25)22-20(24)12-8-3-2-5-9-16-10-6-4-7-11-16/h2-4,6-8,10-15H,5,9H2,1H3,(H,22,24)/b3-2+,12-8+. The van der Waals surface area contributed by atoms with Crippen LogP contribution in [0.3, 0.4) is 0 Å². The third kappa shape index (κ3) is 4.39.